The third kappa shape index (κ3) is 2.87. The van der Waals surface area contributed by atoms with Crippen LogP contribution in [0.5, 0.6) is 0 Å². The highest BCUT2D eigenvalue weighted by molar-refractivity contribution is 9.10. The maximum atomic E-state index is 5.88. The van der Waals surface area contributed by atoms with Crippen LogP contribution in [0.4, 0.5) is 11.6 Å². The number of nitrogens with one attached hydrogen (secondary N) is 1. The smallest absolute Gasteiger partial charge is 0.170 e. The molecule has 0 aliphatic carbocycles. The van der Waals surface area contributed by atoms with E-state index in [-0.39, 0.29) is 6.04 Å². The van der Waals surface area contributed by atoms with Gasteiger partial charge in [-0.3, -0.25) is 4.98 Å². The molecule has 1 atom stereocenters. The molecular weight excluding hydrogens is 342 g/mol. The van der Waals surface area contributed by atoms with Crippen LogP contribution in [-0.4, -0.2) is 15.0 Å². The van der Waals surface area contributed by atoms with Crippen LogP contribution in [0.2, 0.25) is 0 Å². The molecular formula is C16H16BrN5. The van der Waals surface area contributed by atoms with Gasteiger partial charge in [0.1, 0.15) is 4.60 Å². The normalized spacial score (nSPS) is 12.3. The zero-order valence-electron chi connectivity index (χ0n) is 12.3. The monoisotopic (exact) mass is 357 g/mol. The summed E-state index contributed by atoms with van der Waals surface area (Å²) in [7, 11) is 0. The second-order valence-electron chi connectivity index (χ2n) is 5.20. The number of aromatic nitrogens is 3. The minimum absolute atomic E-state index is 0.0514. The Kier molecular flexibility index (Phi) is 3.94. The lowest BCUT2D eigenvalue weighted by molar-refractivity contribution is 0.863. The van der Waals surface area contributed by atoms with Crippen molar-refractivity contribution in [3.63, 3.8) is 0 Å². The first-order chi connectivity index (χ1) is 10.5. The van der Waals surface area contributed by atoms with E-state index in [9.17, 15) is 0 Å². The molecule has 6 heteroatoms. The number of pyridine rings is 1. The Balaban J connectivity index is 1.96. The Hall–Kier alpha value is -2.21. The fraction of sp³-hybridized carbons (Fsp3) is 0.188. The molecule has 0 saturated heterocycles. The van der Waals surface area contributed by atoms with E-state index in [1.54, 1.807) is 12.4 Å². The van der Waals surface area contributed by atoms with Gasteiger partial charge in [-0.25, -0.2) is 9.97 Å². The predicted octanol–water partition coefficient (Wildman–Crippen LogP) is 3.85. The summed E-state index contributed by atoms with van der Waals surface area (Å²) in [4.78, 5) is 12.8. The van der Waals surface area contributed by atoms with Gasteiger partial charge in [0.05, 0.1) is 17.8 Å². The molecule has 0 radical (unpaired) electrons. The van der Waals surface area contributed by atoms with E-state index in [0.717, 1.165) is 10.9 Å². The van der Waals surface area contributed by atoms with E-state index >= 15 is 0 Å². The summed E-state index contributed by atoms with van der Waals surface area (Å²) >= 11 is 3.31. The van der Waals surface area contributed by atoms with Crippen LogP contribution in [0.15, 0.2) is 41.3 Å². The number of nitrogens with zero attached hydrogens (tertiary/aromatic N) is 3. The standard InChI is InChI=1S/C16H16BrN5/c1-9-6-13-11(4-3-5-19-13)7-12(9)10(2)21-16-15(18)20-8-14(17)22-16/h3-8,10H,1-2H3,(H2,18,20)(H,21,22). The summed E-state index contributed by atoms with van der Waals surface area (Å²) in [5, 5.41) is 4.44. The number of anilines is 2. The van der Waals surface area contributed by atoms with Crippen LogP contribution in [-0.2, 0) is 0 Å². The molecule has 2 heterocycles. The van der Waals surface area contributed by atoms with Crippen LogP contribution >= 0.6 is 15.9 Å². The number of halogens is 1. The molecule has 112 valence electrons. The lowest BCUT2D eigenvalue weighted by Gasteiger charge is -2.18. The molecule has 3 aromatic rings. The quantitative estimate of drug-likeness (QED) is 0.744. The molecule has 22 heavy (non-hydrogen) atoms. The summed E-state index contributed by atoms with van der Waals surface area (Å²) in [6.07, 6.45) is 3.39. The first-order valence-electron chi connectivity index (χ1n) is 6.94. The molecule has 3 N–H and O–H groups in total. The molecule has 1 aromatic carbocycles. The van der Waals surface area contributed by atoms with Gasteiger partial charge >= 0.3 is 0 Å². The first kappa shape index (κ1) is 14.7. The largest absolute Gasteiger partial charge is 0.381 e. The fourth-order valence-electron chi connectivity index (χ4n) is 2.47. The maximum absolute atomic E-state index is 5.88. The summed E-state index contributed by atoms with van der Waals surface area (Å²) in [6, 6.07) is 8.30. The molecule has 5 nitrogen and oxygen atoms in total. The Morgan fingerprint density at radius 2 is 2.09 bits per heavy atom. The maximum Gasteiger partial charge on any atom is 0.170 e. The van der Waals surface area contributed by atoms with Crippen LogP contribution in [0.3, 0.4) is 0 Å². The third-order valence-electron chi connectivity index (χ3n) is 3.58. The van der Waals surface area contributed by atoms with Crippen LogP contribution < -0.4 is 11.1 Å². The summed E-state index contributed by atoms with van der Waals surface area (Å²) in [5.41, 5.74) is 9.23. The van der Waals surface area contributed by atoms with Crippen molar-refractivity contribution in [3.05, 3.63) is 52.4 Å². The average Bonchev–Trinajstić information content (AvgIpc) is 2.50. The number of nitrogen functional groups attached to an aromatic ring is 1. The van der Waals surface area contributed by atoms with E-state index in [0.29, 0.717) is 16.2 Å². The van der Waals surface area contributed by atoms with E-state index in [2.05, 4.69) is 68.2 Å². The highest BCUT2D eigenvalue weighted by Crippen LogP contribution is 2.27. The van der Waals surface area contributed by atoms with Crippen molar-refractivity contribution in [2.75, 3.05) is 11.1 Å². The highest BCUT2D eigenvalue weighted by atomic mass is 79.9. The molecule has 0 amide bonds. The van der Waals surface area contributed by atoms with Gasteiger partial charge in [-0.2, -0.15) is 0 Å². The third-order valence-corrected chi connectivity index (χ3v) is 3.96. The molecule has 0 fully saturated rings. The SMILES string of the molecule is Cc1cc2ncccc2cc1C(C)Nc1nc(Br)cnc1N. The van der Waals surface area contributed by atoms with Gasteiger partial charge in [0.15, 0.2) is 11.6 Å². The van der Waals surface area contributed by atoms with Crippen molar-refractivity contribution in [2.24, 2.45) is 0 Å². The zero-order chi connectivity index (χ0) is 15.7. The Labute approximate surface area is 137 Å². The number of nitrogens with two attached hydrogens (primary N) is 1. The van der Waals surface area contributed by atoms with E-state index in [1.807, 2.05) is 6.07 Å². The summed E-state index contributed by atoms with van der Waals surface area (Å²) < 4.78 is 0.649. The Bertz CT molecular complexity index is 834. The van der Waals surface area contributed by atoms with Gasteiger partial charge in [0, 0.05) is 11.6 Å². The molecule has 1 unspecified atom stereocenters. The van der Waals surface area contributed by atoms with Crippen molar-refractivity contribution < 1.29 is 0 Å². The number of hydrogen-bond donors (Lipinski definition) is 2. The molecule has 0 bridgehead atoms. The van der Waals surface area contributed by atoms with Crippen molar-refractivity contribution in [1.82, 2.24) is 15.0 Å². The van der Waals surface area contributed by atoms with Crippen molar-refractivity contribution in [1.29, 1.82) is 0 Å². The minimum Gasteiger partial charge on any atom is -0.381 e. The lowest BCUT2D eigenvalue weighted by atomic mass is 9.99. The minimum atomic E-state index is 0.0514. The molecule has 0 saturated carbocycles. The Morgan fingerprint density at radius 1 is 1.27 bits per heavy atom. The van der Waals surface area contributed by atoms with Gasteiger partial charge < -0.3 is 11.1 Å². The Morgan fingerprint density at radius 3 is 2.91 bits per heavy atom. The topological polar surface area (TPSA) is 76.7 Å². The number of fused-ring (bicyclic) bond motifs is 1. The molecule has 3 rings (SSSR count). The fourth-order valence-corrected chi connectivity index (χ4v) is 2.75. The second kappa shape index (κ2) is 5.88. The number of hydrogen-bond acceptors (Lipinski definition) is 5. The summed E-state index contributed by atoms with van der Waals surface area (Å²) in [6.45, 7) is 4.16. The highest BCUT2D eigenvalue weighted by Gasteiger charge is 2.13. The molecule has 0 aliphatic rings. The average molecular weight is 358 g/mol. The molecule has 0 spiro atoms. The van der Waals surface area contributed by atoms with Crippen LogP contribution in [0, 0.1) is 6.92 Å². The van der Waals surface area contributed by atoms with Gasteiger partial charge in [0.25, 0.3) is 0 Å². The predicted molar refractivity (Wildman–Crippen MR) is 92.7 cm³/mol. The van der Waals surface area contributed by atoms with Gasteiger partial charge in [-0.1, -0.05) is 6.07 Å². The summed E-state index contributed by atoms with van der Waals surface area (Å²) in [5.74, 6) is 0.961. The lowest BCUT2D eigenvalue weighted by Crippen LogP contribution is -2.12. The van der Waals surface area contributed by atoms with Gasteiger partial charge in [-0.15, -0.1) is 0 Å². The van der Waals surface area contributed by atoms with Crippen LogP contribution in [0.25, 0.3) is 10.9 Å². The van der Waals surface area contributed by atoms with E-state index in [4.69, 9.17) is 5.73 Å². The molecule has 0 aliphatic heterocycles. The first-order valence-corrected chi connectivity index (χ1v) is 7.73. The number of rotatable bonds is 3. The van der Waals surface area contributed by atoms with Gasteiger partial charge in [-0.05, 0) is 59.1 Å². The zero-order valence-corrected chi connectivity index (χ0v) is 13.9. The van der Waals surface area contributed by atoms with E-state index in [1.165, 1.54) is 11.1 Å². The van der Waals surface area contributed by atoms with Crippen LogP contribution in [0.1, 0.15) is 24.1 Å². The van der Waals surface area contributed by atoms with Crippen molar-refractivity contribution >= 4 is 38.5 Å². The van der Waals surface area contributed by atoms with Crippen molar-refractivity contribution in [2.45, 2.75) is 19.9 Å². The van der Waals surface area contributed by atoms with E-state index < -0.39 is 0 Å². The number of aryl methyl sites for hydroxylation is 1. The van der Waals surface area contributed by atoms with Crippen molar-refractivity contribution in [3.8, 4) is 0 Å². The molecule has 2 aromatic heterocycles. The second-order valence-corrected chi connectivity index (χ2v) is 6.01. The number of benzene rings is 1. The van der Waals surface area contributed by atoms with Gasteiger partial charge in [0.2, 0.25) is 0 Å².